The van der Waals surface area contributed by atoms with Gasteiger partial charge in [-0.1, -0.05) is 60.7 Å². The van der Waals surface area contributed by atoms with Gasteiger partial charge in [0.25, 0.3) is 11.1 Å². The van der Waals surface area contributed by atoms with Gasteiger partial charge in [0.05, 0.1) is 46.6 Å². The molecule has 0 saturated carbocycles. The Morgan fingerprint density at radius 1 is 0.522 bits per heavy atom. The molecule has 0 spiro atoms. The molecular formula is C53H54N10O4. The minimum atomic E-state index is -0.214. The van der Waals surface area contributed by atoms with Crippen LogP contribution in [-0.2, 0) is 13.1 Å². The first-order chi connectivity index (χ1) is 32.6. The monoisotopic (exact) mass is 894 g/mol. The summed E-state index contributed by atoms with van der Waals surface area (Å²) in [6.07, 6.45) is 0.911. The van der Waals surface area contributed by atoms with Crippen LogP contribution in [-0.4, -0.2) is 121 Å². The van der Waals surface area contributed by atoms with E-state index in [2.05, 4.69) is 10.6 Å². The van der Waals surface area contributed by atoms with Crippen molar-refractivity contribution in [3.8, 4) is 11.8 Å². The Balaban J connectivity index is 0.817. The molecule has 0 saturated heterocycles. The van der Waals surface area contributed by atoms with E-state index in [0.717, 1.165) is 96.8 Å². The zero-order valence-electron chi connectivity index (χ0n) is 38.3. The topological polar surface area (TPSA) is 164 Å². The Labute approximate surface area is 386 Å². The van der Waals surface area contributed by atoms with Crippen LogP contribution < -0.4 is 32.5 Å². The van der Waals surface area contributed by atoms with Crippen LogP contribution >= 0.6 is 0 Å². The molecule has 8 aromatic rings. The number of likely N-dealkylation sites (N-methyl/N-ethyl adjacent to an activating group) is 2. The summed E-state index contributed by atoms with van der Waals surface area (Å²) in [5.41, 5.74) is 6.39. The molecule has 2 aliphatic rings. The third-order valence-electron chi connectivity index (χ3n) is 12.9. The van der Waals surface area contributed by atoms with E-state index in [9.17, 15) is 19.8 Å². The fraction of sp³-hybridized carbons (Fsp3) is 0.283. The first kappa shape index (κ1) is 43.8. The molecule has 67 heavy (non-hydrogen) atoms. The predicted octanol–water partition coefficient (Wildman–Crippen LogP) is 5.07. The number of rotatable bonds is 16. The Morgan fingerprint density at radius 3 is 1.37 bits per heavy atom. The van der Waals surface area contributed by atoms with Crippen LogP contribution in [0.25, 0.3) is 43.1 Å². The first-order valence-electron chi connectivity index (χ1n) is 23.0. The largest absolute Gasteiger partial charge is 0.494 e. The van der Waals surface area contributed by atoms with Gasteiger partial charge >= 0.3 is 0 Å². The average Bonchev–Trinajstić information content (AvgIpc) is 3.33. The Morgan fingerprint density at radius 2 is 0.940 bits per heavy atom. The van der Waals surface area contributed by atoms with Crippen molar-refractivity contribution >= 4 is 65.9 Å². The number of pyridine rings is 2. The van der Waals surface area contributed by atoms with E-state index in [4.69, 9.17) is 20.0 Å². The molecule has 2 aromatic heterocycles. The van der Waals surface area contributed by atoms with Crippen LogP contribution in [0.5, 0.6) is 11.8 Å². The second-order valence-electron chi connectivity index (χ2n) is 17.8. The van der Waals surface area contributed by atoms with Crippen LogP contribution in [0.1, 0.15) is 28.7 Å². The SMILES string of the molecule is CN(C)CCn1c(O)c2cc3c(c4cccc(c1=O)c24)=Nc1ccccc1C3=NCCNCCCNCCN=C1c2ccccc2N=c2c1cc1c(O)n(CCN(C)C)c(=O)c3cccc2c13. The van der Waals surface area contributed by atoms with Crippen molar-refractivity contribution in [2.24, 2.45) is 20.0 Å². The first-order valence-corrected chi connectivity index (χ1v) is 23.0. The van der Waals surface area contributed by atoms with Crippen LogP contribution in [0.2, 0.25) is 0 Å². The highest BCUT2D eigenvalue weighted by Gasteiger charge is 2.26. The summed E-state index contributed by atoms with van der Waals surface area (Å²) in [4.78, 5) is 51.8. The van der Waals surface area contributed by atoms with Gasteiger partial charge in [-0.3, -0.25) is 28.7 Å². The summed E-state index contributed by atoms with van der Waals surface area (Å²) in [7, 11) is 7.79. The minimum Gasteiger partial charge on any atom is -0.494 e. The molecule has 14 heteroatoms. The van der Waals surface area contributed by atoms with Gasteiger partial charge in [0.2, 0.25) is 11.8 Å². The summed E-state index contributed by atoms with van der Waals surface area (Å²) in [5.74, 6) is -0.0855. The maximum absolute atomic E-state index is 13.7. The zero-order chi connectivity index (χ0) is 46.3. The molecule has 4 N–H and O–H groups in total. The average molecular weight is 895 g/mol. The second kappa shape index (κ2) is 18.3. The molecular weight excluding hydrogens is 841 g/mol. The maximum atomic E-state index is 13.7. The number of hydrogen-bond donors (Lipinski definition) is 4. The highest BCUT2D eigenvalue weighted by atomic mass is 16.3. The van der Waals surface area contributed by atoms with E-state index >= 15 is 0 Å². The number of benzene rings is 6. The Kier molecular flexibility index (Phi) is 12.0. The number of para-hydroxylation sites is 2. The van der Waals surface area contributed by atoms with Crippen molar-refractivity contribution in [3.05, 3.63) is 151 Å². The smallest absolute Gasteiger partial charge is 0.261 e. The third-order valence-corrected chi connectivity index (χ3v) is 12.9. The number of aliphatic imine (C=N–C) groups is 2. The van der Waals surface area contributed by atoms with Crippen LogP contribution in [0, 0.1) is 0 Å². The normalized spacial score (nSPS) is 14.4. The van der Waals surface area contributed by atoms with Gasteiger partial charge in [0.1, 0.15) is 0 Å². The predicted molar refractivity (Wildman–Crippen MR) is 269 cm³/mol. The summed E-state index contributed by atoms with van der Waals surface area (Å²) >= 11 is 0. The lowest BCUT2D eigenvalue weighted by molar-refractivity contribution is 0.353. The zero-order valence-corrected chi connectivity index (χ0v) is 38.3. The van der Waals surface area contributed by atoms with Gasteiger partial charge in [-0.05, 0) is 84.1 Å². The Hall–Kier alpha value is -7.10. The lowest BCUT2D eigenvalue weighted by Gasteiger charge is -2.20. The van der Waals surface area contributed by atoms with Gasteiger partial charge in [-0.2, -0.15) is 0 Å². The number of nitrogens with zero attached hydrogens (tertiary/aromatic N) is 8. The van der Waals surface area contributed by atoms with Crippen molar-refractivity contribution in [2.45, 2.75) is 19.5 Å². The summed E-state index contributed by atoms with van der Waals surface area (Å²) in [6.45, 7) is 5.99. The summed E-state index contributed by atoms with van der Waals surface area (Å²) in [6, 6.07) is 31.3. The molecule has 14 nitrogen and oxygen atoms in total. The van der Waals surface area contributed by atoms with E-state index in [1.54, 1.807) is 0 Å². The van der Waals surface area contributed by atoms with E-state index in [1.807, 2.05) is 135 Å². The quantitative estimate of drug-likeness (QED) is 0.0978. The van der Waals surface area contributed by atoms with E-state index in [1.165, 1.54) is 9.13 Å². The number of fused-ring (bicyclic) bond motifs is 6. The summed E-state index contributed by atoms with van der Waals surface area (Å²) < 4.78 is 2.94. The van der Waals surface area contributed by atoms with Crippen molar-refractivity contribution < 1.29 is 10.2 Å². The molecule has 340 valence electrons. The standard InChI is InChI=1S/C53H54N10O4/c1-60(2)26-28-62-50(64)36-16-9-14-34-44(36)38(52(62)66)30-40-46(32-12-5-7-18-42(32)58-48(34)40)56-24-22-54-20-11-21-55-23-25-57-47-33-13-6-8-19-43(33)59-49-35-15-10-17-37-45(35)39(31-41(47)49)53(67)63(51(37)65)29-27-61(3)4/h5-10,12-19,30-31,54-55,66-67H,11,20-29H2,1-4H3. The fourth-order valence-electron chi connectivity index (χ4n) is 9.54. The second-order valence-corrected chi connectivity index (χ2v) is 17.8. The van der Waals surface area contributed by atoms with Gasteiger partial charge < -0.3 is 30.6 Å². The van der Waals surface area contributed by atoms with E-state index in [-0.39, 0.29) is 22.9 Å². The van der Waals surface area contributed by atoms with Gasteiger partial charge in [-0.25, -0.2) is 9.98 Å². The molecule has 0 amide bonds. The van der Waals surface area contributed by atoms with Gasteiger partial charge in [0, 0.05) is 105 Å². The highest BCUT2D eigenvalue weighted by Crippen LogP contribution is 2.36. The molecule has 0 aliphatic carbocycles. The van der Waals surface area contributed by atoms with Crippen LogP contribution in [0.3, 0.4) is 0 Å². The van der Waals surface area contributed by atoms with E-state index in [0.29, 0.717) is 73.9 Å². The Bertz CT molecular complexity index is 3320. The number of nitrogens with one attached hydrogen (secondary N) is 2. The lowest BCUT2D eigenvalue weighted by atomic mass is 9.91. The van der Waals surface area contributed by atoms with Crippen molar-refractivity contribution in [1.82, 2.24) is 29.6 Å². The van der Waals surface area contributed by atoms with E-state index < -0.39 is 0 Å². The van der Waals surface area contributed by atoms with Gasteiger partial charge in [0.15, 0.2) is 0 Å². The van der Waals surface area contributed by atoms with Gasteiger partial charge in [-0.15, -0.1) is 0 Å². The molecule has 4 heterocycles. The van der Waals surface area contributed by atoms with Crippen LogP contribution in [0.4, 0.5) is 11.4 Å². The van der Waals surface area contributed by atoms with Crippen molar-refractivity contribution in [2.75, 3.05) is 80.5 Å². The highest BCUT2D eigenvalue weighted by molar-refractivity contribution is 6.23. The number of hydrogen-bond acceptors (Lipinski definition) is 12. The molecule has 0 radical (unpaired) electrons. The molecule has 10 rings (SSSR count). The van der Waals surface area contributed by atoms with Crippen molar-refractivity contribution in [1.29, 1.82) is 0 Å². The summed E-state index contributed by atoms with van der Waals surface area (Å²) in [5, 5.41) is 37.2. The molecule has 2 aliphatic heterocycles. The number of aromatic nitrogens is 2. The molecule has 0 fully saturated rings. The molecule has 0 unspecified atom stereocenters. The molecule has 0 atom stereocenters. The fourth-order valence-corrected chi connectivity index (χ4v) is 9.54. The van der Waals surface area contributed by atoms with Crippen molar-refractivity contribution in [3.63, 3.8) is 0 Å². The maximum Gasteiger partial charge on any atom is 0.261 e. The molecule has 6 aromatic carbocycles. The third kappa shape index (κ3) is 7.95. The molecule has 0 bridgehead atoms. The number of aromatic hydroxyl groups is 2. The lowest BCUT2D eigenvalue weighted by Crippen LogP contribution is -2.28. The van der Waals surface area contributed by atoms with Crippen LogP contribution in [0.15, 0.2) is 127 Å². The minimum absolute atomic E-state index is 0.0427.